The van der Waals surface area contributed by atoms with E-state index >= 15 is 0 Å². The monoisotopic (exact) mass is 368 g/mol. The third-order valence-electron chi connectivity index (χ3n) is 4.52. The van der Waals surface area contributed by atoms with E-state index < -0.39 is 0 Å². The van der Waals surface area contributed by atoms with Gasteiger partial charge < -0.3 is 18.7 Å². The van der Waals surface area contributed by atoms with Gasteiger partial charge in [-0.05, 0) is 38.3 Å². The van der Waals surface area contributed by atoms with Crippen molar-refractivity contribution in [2.75, 3.05) is 13.2 Å². The lowest BCUT2D eigenvalue weighted by molar-refractivity contribution is -0.137. The molecule has 1 atom stereocenters. The molecule has 2 aromatic heterocycles. The highest BCUT2D eigenvalue weighted by Crippen LogP contribution is 2.30. The first kappa shape index (κ1) is 17.3. The Morgan fingerprint density at radius 2 is 2.07 bits per heavy atom. The molecular weight excluding hydrogens is 348 g/mol. The number of para-hydroxylation sites is 1. The molecule has 0 bridgehead atoms. The van der Waals surface area contributed by atoms with Crippen LogP contribution in [-0.4, -0.2) is 39.3 Å². The summed E-state index contributed by atoms with van der Waals surface area (Å²) in [4.78, 5) is 18.9. The van der Waals surface area contributed by atoms with E-state index in [9.17, 15) is 4.79 Å². The van der Waals surface area contributed by atoms with Crippen LogP contribution >= 0.6 is 0 Å². The predicted octanol–water partition coefficient (Wildman–Crippen LogP) is 3.17. The fraction of sp³-hybridized carbons (Fsp3) is 0.368. The van der Waals surface area contributed by atoms with Crippen molar-refractivity contribution >= 4 is 5.91 Å². The van der Waals surface area contributed by atoms with Crippen LogP contribution in [0, 0.1) is 6.92 Å². The number of hydrogen-bond donors (Lipinski definition) is 0. The zero-order valence-electron chi connectivity index (χ0n) is 15.0. The minimum absolute atomic E-state index is 0.0201. The highest BCUT2D eigenvalue weighted by molar-refractivity contribution is 5.78. The zero-order chi connectivity index (χ0) is 18.6. The summed E-state index contributed by atoms with van der Waals surface area (Å²) in [5.41, 5.74) is 0.493. The molecule has 8 nitrogen and oxygen atoms in total. The van der Waals surface area contributed by atoms with E-state index in [0.29, 0.717) is 35.5 Å². The van der Waals surface area contributed by atoms with Gasteiger partial charge in [-0.3, -0.25) is 4.79 Å². The molecule has 0 saturated carbocycles. The number of carbonyl (C=O) groups excluding carboxylic acids is 1. The molecule has 3 heterocycles. The van der Waals surface area contributed by atoms with Crippen molar-refractivity contribution < 1.29 is 18.6 Å². The molecule has 0 aliphatic carbocycles. The van der Waals surface area contributed by atoms with E-state index in [2.05, 4.69) is 15.3 Å². The molecule has 3 aromatic rings. The van der Waals surface area contributed by atoms with Gasteiger partial charge in [0.05, 0.1) is 6.04 Å². The van der Waals surface area contributed by atoms with Gasteiger partial charge in [0.25, 0.3) is 11.8 Å². The standard InChI is InChI=1S/C19H20N4O4/c1-13-11-15(21-26-13)19-20-18(22-27-19)16-9-5-6-10-23(16)17(24)12-25-14-7-3-2-4-8-14/h2-4,7-8,11,16H,5-6,9-10,12H2,1H3. The van der Waals surface area contributed by atoms with Gasteiger partial charge in [-0.2, -0.15) is 4.98 Å². The molecule has 4 rings (SSSR count). The van der Waals surface area contributed by atoms with E-state index in [0.717, 1.165) is 19.3 Å². The SMILES string of the molecule is Cc1cc(-c2nc(C3CCCCN3C(=O)COc3ccccc3)no2)no1. The summed E-state index contributed by atoms with van der Waals surface area (Å²) < 4.78 is 16.0. The van der Waals surface area contributed by atoms with Crippen LogP contribution in [0.25, 0.3) is 11.6 Å². The van der Waals surface area contributed by atoms with Crippen LogP contribution in [0.3, 0.4) is 0 Å². The second-order valence-electron chi connectivity index (χ2n) is 6.48. The first-order chi connectivity index (χ1) is 13.2. The second-order valence-corrected chi connectivity index (χ2v) is 6.48. The number of hydrogen-bond acceptors (Lipinski definition) is 7. The van der Waals surface area contributed by atoms with Gasteiger partial charge in [0, 0.05) is 12.6 Å². The average Bonchev–Trinajstić information content (AvgIpc) is 3.36. The predicted molar refractivity (Wildman–Crippen MR) is 94.8 cm³/mol. The number of ether oxygens (including phenoxy) is 1. The van der Waals surface area contributed by atoms with Crippen LogP contribution in [0.2, 0.25) is 0 Å². The number of carbonyl (C=O) groups is 1. The highest BCUT2D eigenvalue weighted by atomic mass is 16.5. The van der Waals surface area contributed by atoms with Crippen molar-refractivity contribution in [2.45, 2.75) is 32.2 Å². The number of piperidine rings is 1. The molecule has 1 unspecified atom stereocenters. The maximum absolute atomic E-state index is 12.7. The third kappa shape index (κ3) is 3.84. The zero-order valence-corrected chi connectivity index (χ0v) is 15.0. The lowest BCUT2D eigenvalue weighted by atomic mass is 10.0. The van der Waals surface area contributed by atoms with Crippen LogP contribution in [0.4, 0.5) is 0 Å². The number of benzene rings is 1. The van der Waals surface area contributed by atoms with Crippen molar-refractivity contribution in [3.8, 4) is 17.3 Å². The number of likely N-dealkylation sites (tertiary alicyclic amines) is 1. The molecule has 1 fully saturated rings. The molecular formula is C19H20N4O4. The summed E-state index contributed by atoms with van der Waals surface area (Å²) in [7, 11) is 0. The molecule has 0 radical (unpaired) electrons. The van der Waals surface area contributed by atoms with Gasteiger partial charge in [0.2, 0.25) is 0 Å². The molecule has 1 saturated heterocycles. The normalized spacial score (nSPS) is 17.1. The minimum atomic E-state index is -0.226. The lowest BCUT2D eigenvalue weighted by Gasteiger charge is -2.33. The maximum Gasteiger partial charge on any atom is 0.280 e. The molecule has 1 aliphatic heterocycles. The largest absolute Gasteiger partial charge is 0.484 e. The van der Waals surface area contributed by atoms with Gasteiger partial charge in [-0.15, -0.1) is 0 Å². The Bertz CT molecular complexity index is 905. The topological polar surface area (TPSA) is 94.5 Å². The second kappa shape index (κ2) is 7.61. The molecule has 1 amide bonds. The van der Waals surface area contributed by atoms with Crippen LogP contribution in [0.15, 0.2) is 45.4 Å². The molecule has 140 valence electrons. The van der Waals surface area contributed by atoms with E-state index in [4.69, 9.17) is 13.8 Å². The van der Waals surface area contributed by atoms with Crippen LogP contribution < -0.4 is 4.74 Å². The summed E-state index contributed by atoms with van der Waals surface area (Å²) >= 11 is 0. The number of amides is 1. The summed E-state index contributed by atoms with van der Waals surface area (Å²) in [6.45, 7) is 2.42. The molecule has 8 heteroatoms. The van der Waals surface area contributed by atoms with E-state index in [-0.39, 0.29) is 18.6 Å². The quantitative estimate of drug-likeness (QED) is 0.682. The van der Waals surface area contributed by atoms with Crippen LogP contribution in [-0.2, 0) is 4.79 Å². The molecule has 0 N–H and O–H groups in total. The smallest absolute Gasteiger partial charge is 0.280 e. The Kier molecular flexibility index (Phi) is 4.86. The first-order valence-corrected chi connectivity index (χ1v) is 8.95. The summed E-state index contributed by atoms with van der Waals surface area (Å²) in [5, 5.41) is 7.96. The Labute approximate surface area is 156 Å². The highest BCUT2D eigenvalue weighted by Gasteiger charge is 2.32. The van der Waals surface area contributed by atoms with Crippen molar-refractivity contribution in [3.05, 3.63) is 48.0 Å². The third-order valence-corrected chi connectivity index (χ3v) is 4.52. The Morgan fingerprint density at radius 3 is 2.85 bits per heavy atom. The number of nitrogens with zero attached hydrogens (tertiary/aromatic N) is 4. The van der Waals surface area contributed by atoms with E-state index in [1.54, 1.807) is 17.9 Å². The fourth-order valence-electron chi connectivity index (χ4n) is 3.18. The van der Waals surface area contributed by atoms with Gasteiger partial charge in [0.1, 0.15) is 11.5 Å². The Morgan fingerprint density at radius 1 is 1.22 bits per heavy atom. The molecule has 0 spiro atoms. The molecule has 27 heavy (non-hydrogen) atoms. The minimum Gasteiger partial charge on any atom is -0.484 e. The Balaban J connectivity index is 1.47. The van der Waals surface area contributed by atoms with Gasteiger partial charge >= 0.3 is 0 Å². The Hall–Kier alpha value is -3.16. The number of rotatable bonds is 5. The van der Waals surface area contributed by atoms with Gasteiger partial charge in [-0.1, -0.05) is 28.5 Å². The van der Waals surface area contributed by atoms with Gasteiger partial charge in [-0.25, -0.2) is 0 Å². The fourth-order valence-corrected chi connectivity index (χ4v) is 3.18. The number of aromatic nitrogens is 3. The summed E-state index contributed by atoms with van der Waals surface area (Å²) in [5.74, 6) is 2.02. The number of aryl methyl sites for hydroxylation is 1. The van der Waals surface area contributed by atoms with Crippen molar-refractivity contribution in [3.63, 3.8) is 0 Å². The van der Waals surface area contributed by atoms with Crippen molar-refractivity contribution in [2.24, 2.45) is 0 Å². The van der Waals surface area contributed by atoms with Crippen LogP contribution in [0.5, 0.6) is 5.75 Å². The molecule has 1 aromatic carbocycles. The van der Waals surface area contributed by atoms with Crippen molar-refractivity contribution in [1.29, 1.82) is 0 Å². The van der Waals surface area contributed by atoms with Crippen molar-refractivity contribution in [1.82, 2.24) is 20.2 Å². The van der Waals surface area contributed by atoms with Gasteiger partial charge in [0.15, 0.2) is 18.1 Å². The molecule has 1 aliphatic rings. The van der Waals surface area contributed by atoms with E-state index in [1.165, 1.54) is 0 Å². The first-order valence-electron chi connectivity index (χ1n) is 8.95. The van der Waals surface area contributed by atoms with E-state index in [1.807, 2.05) is 30.3 Å². The van der Waals surface area contributed by atoms with Crippen LogP contribution in [0.1, 0.15) is 36.9 Å². The maximum atomic E-state index is 12.7. The summed E-state index contributed by atoms with van der Waals surface area (Å²) in [6.07, 6.45) is 2.73. The summed E-state index contributed by atoms with van der Waals surface area (Å²) in [6, 6.07) is 10.8. The average molecular weight is 368 g/mol. The lowest BCUT2D eigenvalue weighted by Crippen LogP contribution is -2.41.